The lowest BCUT2D eigenvalue weighted by molar-refractivity contribution is -0.157. The minimum atomic E-state index is -4.44. The second kappa shape index (κ2) is 12.6. The molecule has 1 aliphatic carbocycles. The van der Waals surface area contributed by atoms with Crippen LogP contribution in [0.1, 0.15) is 45.4 Å². The molecule has 1 atom stereocenters. The number of hydrogen-bond acceptors (Lipinski definition) is 3. The van der Waals surface area contributed by atoms with E-state index in [2.05, 4.69) is 15.6 Å². The molecule has 2 amide bonds. The SMILES string of the molecule is CCNC(=NCC(=O)N(C)CC(F)(F)F)NC1CCN(C(=O)C2CCCCC2)C1.I. The monoisotopic (exact) mass is 547 g/mol. The van der Waals surface area contributed by atoms with Gasteiger partial charge in [-0.3, -0.25) is 9.59 Å². The molecular formula is C19H33F3IN5O2. The highest BCUT2D eigenvalue weighted by molar-refractivity contribution is 14.0. The second-order valence-corrected chi connectivity index (χ2v) is 7.81. The number of alkyl halides is 3. The average Bonchev–Trinajstić information content (AvgIpc) is 3.13. The number of amides is 2. The molecule has 7 nitrogen and oxygen atoms in total. The molecule has 1 saturated carbocycles. The van der Waals surface area contributed by atoms with E-state index >= 15 is 0 Å². The summed E-state index contributed by atoms with van der Waals surface area (Å²) in [7, 11) is 1.11. The maximum Gasteiger partial charge on any atom is 0.406 e. The van der Waals surface area contributed by atoms with Gasteiger partial charge in [-0.05, 0) is 26.2 Å². The minimum Gasteiger partial charge on any atom is -0.357 e. The van der Waals surface area contributed by atoms with E-state index in [9.17, 15) is 22.8 Å². The van der Waals surface area contributed by atoms with Gasteiger partial charge in [-0.25, -0.2) is 4.99 Å². The van der Waals surface area contributed by atoms with Crippen molar-refractivity contribution in [2.75, 3.05) is 39.8 Å². The number of hydrogen-bond donors (Lipinski definition) is 2. The normalized spacial score (nSPS) is 20.5. The van der Waals surface area contributed by atoms with E-state index < -0.39 is 18.6 Å². The highest BCUT2D eigenvalue weighted by Gasteiger charge is 2.32. The lowest BCUT2D eigenvalue weighted by atomic mass is 9.88. The minimum absolute atomic E-state index is 0. The Hall–Kier alpha value is -1.27. The first kappa shape index (κ1) is 26.8. The zero-order valence-electron chi connectivity index (χ0n) is 17.6. The molecule has 11 heteroatoms. The third-order valence-electron chi connectivity index (χ3n) is 5.35. The molecule has 2 rings (SSSR count). The van der Waals surface area contributed by atoms with Crippen molar-refractivity contribution in [2.45, 2.75) is 57.7 Å². The molecule has 2 N–H and O–H groups in total. The van der Waals surface area contributed by atoms with Crippen LogP contribution in [-0.2, 0) is 9.59 Å². The quantitative estimate of drug-likeness (QED) is 0.304. The third kappa shape index (κ3) is 8.84. The van der Waals surface area contributed by atoms with E-state index in [-0.39, 0.29) is 48.4 Å². The van der Waals surface area contributed by atoms with Gasteiger partial charge < -0.3 is 20.4 Å². The van der Waals surface area contributed by atoms with Gasteiger partial charge in [-0.1, -0.05) is 19.3 Å². The van der Waals surface area contributed by atoms with Crippen molar-refractivity contribution in [1.82, 2.24) is 20.4 Å². The molecule has 0 radical (unpaired) electrons. The topological polar surface area (TPSA) is 77.0 Å². The standard InChI is InChI=1S/C19H32F3N5O2.HI/c1-3-23-18(24-11-16(28)26(2)13-19(20,21)22)25-15-9-10-27(12-15)17(29)14-7-5-4-6-8-14;/h14-15H,3-13H2,1-2H3,(H2,23,24,25);1H. The molecule has 1 aliphatic heterocycles. The van der Waals surface area contributed by atoms with Gasteiger partial charge in [-0.15, -0.1) is 24.0 Å². The van der Waals surface area contributed by atoms with E-state index in [0.717, 1.165) is 39.2 Å². The van der Waals surface area contributed by atoms with E-state index in [1.165, 1.54) is 6.42 Å². The summed E-state index contributed by atoms with van der Waals surface area (Å²) in [4.78, 5) is 31.2. The maximum absolute atomic E-state index is 12.7. The van der Waals surface area contributed by atoms with Crippen LogP contribution < -0.4 is 10.6 Å². The molecule has 0 aromatic rings. The number of carbonyl (C=O) groups is 2. The Kier molecular flexibility index (Phi) is 11.2. The van der Waals surface area contributed by atoms with Crippen molar-refractivity contribution in [1.29, 1.82) is 0 Å². The van der Waals surface area contributed by atoms with Crippen LogP contribution >= 0.6 is 24.0 Å². The molecule has 2 fully saturated rings. The second-order valence-electron chi connectivity index (χ2n) is 7.81. The van der Waals surface area contributed by atoms with Gasteiger partial charge in [0.15, 0.2) is 5.96 Å². The van der Waals surface area contributed by atoms with E-state index in [0.29, 0.717) is 30.5 Å². The number of likely N-dealkylation sites (tertiary alicyclic amines) is 1. The van der Waals surface area contributed by atoms with Crippen LogP contribution in [0.3, 0.4) is 0 Å². The Morgan fingerprint density at radius 2 is 1.83 bits per heavy atom. The molecule has 174 valence electrons. The van der Waals surface area contributed by atoms with Gasteiger partial charge in [0.25, 0.3) is 0 Å². The van der Waals surface area contributed by atoms with E-state index in [4.69, 9.17) is 0 Å². The predicted molar refractivity (Wildman–Crippen MR) is 120 cm³/mol. The van der Waals surface area contributed by atoms with E-state index in [1.807, 2.05) is 11.8 Å². The smallest absolute Gasteiger partial charge is 0.357 e. The fourth-order valence-electron chi connectivity index (χ4n) is 3.82. The Balaban J connectivity index is 0.00000450. The van der Waals surface area contributed by atoms with E-state index in [1.54, 1.807) is 0 Å². The van der Waals surface area contributed by atoms with Crippen molar-refractivity contribution < 1.29 is 22.8 Å². The molecule has 1 heterocycles. The highest BCUT2D eigenvalue weighted by atomic mass is 127. The number of carbonyl (C=O) groups excluding carboxylic acids is 2. The number of guanidine groups is 1. The number of nitrogens with one attached hydrogen (secondary N) is 2. The number of nitrogens with zero attached hydrogens (tertiary/aromatic N) is 3. The third-order valence-corrected chi connectivity index (χ3v) is 5.35. The molecule has 1 unspecified atom stereocenters. The summed E-state index contributed by atoms with van der Waals surface area (Å²) in [5.41, 5.74) is 0. The van der Waals surface area contributed by atoms with Crippen molar-refractivity contribution in [3.8, 4) is 0 Å². The number of halogens is 4. The lowest BCUT2D eigenvalue weighted by Crippen LogP contribution is -2.46. The van der Waals surface area contributed by atoms with Crippen molar-refractivity contribution >= 4 is 41.8 Å². The van der Waals surface area contributed by atoms with Crippen LogP contribution in [0.25, 0.3) is 0 Å². The first-order chi connectivity index (χ1) is 13.7. The summed E-state index contributed by atoms with van der Waals surface area (Å²) < 4.78 is 37.2. The zero-order valence-corrected chi connectivity index (χ0v) is 20.0. The van der Waals surface area contributed by atoms with Crippen LogP contribution in [-0.4, -0.2) is 79.6 Å². The predicted octanol–water partition coefficient (Wildman–Crippen LogP) is 2.36. The molecule has 0 spiro atoms. The summed E-state index contributed by atoms with van der Waals surface area (Å²) >= 11 is 0. The Morgan fingerprint density at radius 3 is 2.43 bits per heavy atom. The molecule has 1 saturated heterocycles. The van der Waals surface area contributed by atoms with Crippen LogP contribution in [0.2, 0.25) is 0 Å². The summed E-state index contributed by atoms with van der Waals surface area (Å²) in [5.74, 6) is 0.0179. The molecular weight excluding hydrogens is 514 g/mol. The highest BCUT2D eigenvalue weighted by Crippen LogP contribution is 2.26. The lowest BCUT2D eigenvalue weighted by Gasteiger charge is -2.26. The molecule has 0 aromatic heterocycles. The first-order valence-corrected chi connectivity index (χ1v) is 10.3. The van der Waals surface area contributed by atoms with Crippen molar-refractivity contribution in [3.63, 3.8) is 0 Å². The summed E-state index contributed by atoms with van der Waals surface area (Å²) in [6.45, 7) is 1.99. The van der Waals surface area contributed by atoms with Gasteiger partial charge in [0, 0.05) is 38.6 Å². The maximum atomic E-state index is 12.7. The molecule has 30 heavy (non-hydrogen) atoms. The first-order valence-electron chi connectivity index (χ1n) is 10.3. The number of aliphatic imine (C=N–C) groups is 1. The van der Waals surface area contributed by atoms with Crippen LogP contribution in [0.5, 0.6) is 0 Å². The van der Waals surface area contributed by atoms with Crippen LogP contribution in [0.4, 0.5) is 13.2 Å². The van der Waals surface area contributed by atoms with Crippen molar-refractivity contribution in [3.05, 3.63) is 0 Å². The van der Waals surface area contributed by atoms with Gasteiger partial charge >= 0.3 is 6.18 Å². The van der Waals surface area contributed by atoms with Crippen LogP contribution in [0.15, 0.2) is 4.99 Å². The summed E-state index contributed by atoms with van der Waals surface area (Å²) in [5, 5.41) is 6.20. The Labute approximate surface area is 193 Å². The zero-order chi connectivity index (χ0) is 21.4. The number of rotatable bonds is 6. The number of likely N-dealkylation sites (N-methyl/N-ethyl adjacent to an activating group) is 1. The van der Waals surface area contributed by atoms with Gasteiger partial charge in [0.05, 0.1) is 0 Å². The van der Waals surface area contributed by atoms with Crippen molar-refractivity contribution in [2.24, 2.45) is 10.9 Å². The van der Waals surface area contributed by atoms with Gasteiger partial charge in [-0.2, -0.15) is 13.2 Å². The Bertz CT molecular complexity index is 597. The van der Waals surface area contributed by atoms with Crippen LogP contribution in [0, 0.1) is 5.92 Å². The van der Waals surface area contributed by atoms with Gasteiger partial charge in [0.1, 0.15) is 13.1 Å². The fraction of sp³-hybridized carbons (Fsp3) is 0.842. The summed E-state index contributed by atoms with van der Waals surface area (Å²) in [6.07, 6.45) is 1.68. The largest absolute Gasteiger partial charge is 0.406 e. The van der Waals surface area contributed by atoms with Gasteiger partial charge in [0.2, 0.25) is 11.8 Å². The molecule has 0 bridgehead atoms. The average molecular weight is 547 g/mol. The molecule has 2 aliphatic rings. The molecule has 0 aromatic carbocycles. The summed E-state index contributed by atoms with van der Waals surface area (Å²) in [6, 6.07) is 0.00310. The Morgan fingerprint density at radius 1 is 1.17 bits per heavy atom. The fourth-order valence-corrected chi connectivity index (χ4v) is 3.82.